The van der Waals surface area contributed by atoms with E-state index in [9.17, 15) is 0 Å². The minimum Gasteiger partial charge on any atom is -0.455 e. The number of allylic oxidation sites excluding steroid dienone is 4. The second kappa shape index (κ2) is 17.8. The Morgan fingerprint density at radius 1 is 0.480 bits per heavy atom. The third-order valence-electron chi connectivity index (χ3n) is 16.2. The highest BCUT2D eigenvalue weighted by atomic mass is 16.3. The lowest BCUT2D eigenvalue weighted by molar-refractivity contribution is 0.590. The first-order chi connectivity index (χ1) is 35.6. The number of para-hydroxylation sites is 1. The summed E-state index contributed by atoms with van der Waals surface area (Å²) in [7, 11) is 0. The molecular formula is C72H72N2O. The number of hydrogen-bond donors (Lipinski definition) is 0. The van der Waals surface area contributed by atoms with Crippen LogP contribution < -0.4 is 9.80 Å². The third kappa shape index (κ3) is 8.27. The van der Waals surface area contributed by atoms with E-state index in [1.165, 1.54) is 55.6 Å². The monoisotopic (exact) mass is 981 g/mol. The van der Waals surface area contributed by atoms with E-state index >= 15 is 0 Å². The molecule has 1 heterocycles. The minimum atomic E-state index is -0.630. The van der Waals surface area contributed by atoms with Gasteiger partial charge in [-0.3, -0.25) is 0 Å². The number of fused-ring (bicyclic) bond motifs is 11. The van der Waals surface area contributed by atoms with E-state index in [1.807, 2.05) is 0 Å². The maximum absolute atomic E-state index is 7.39. The zero-order valence-corrected chi connectivity index (χ0v) is 46.4. The summed E-state index contributed by atoms with van der Waals surface area (Å²) in [4.78, 5) is 4.77. The fourth-order valence-electron chi connectivity index (χ4n) is 12.0. The number of benzene rings is 8. The molecule has 0 atom stereocenters. The van der Waals surface area contributed by atoms with Crippen molar-refractivity contribution < 1.29 is 4.42 Å². The predicted octanol–water partition coefficient (Wildman–Crippen LogP) is 20.3. The van der Waals surface area contributed by atoms with E-state index in [0.29, 0.717) is 0 Å². The van der Waals surface area contributed by atoms with E-state index in [4.69, 9.17) is 11.0 Å². The molecule has 75 heavy (non-hydrogen) atoms. The Morgan fingerprint density at radius 2 is 0.880 bits per heavy atom. The lowest BCUT2D eigenvalue weighted by atomic mass is 9.70. The summed E-state index contributed by atoms with van der Waals surface area (Å²) in [6.07, 6.45) is 4.56. The van der Waals surface area contributed by atoms with Crippen molar-refractivity contribution >= 4 is 55.9 Å². The number of rotatable bonds is 8. The third-order valence-corrected chi connectivity index (χ3v) is 16.2. The molecule has 0 saturated heterocycles. The largest absolute Gasteiger partial charge is 0.455 e. The summed E-state index contributed by atoms with van der Waals surface area (Å²) in [6.45, 7) is 34.6. The van der Waals surface area contributed by atoms with Crippen molar-refractivity contribution in [3.05, 3.63) is 250 Å². The molecule has 3 nitrogen and oxygen atoms in total. The molecule has 11 rings (SSSR count). The molecule has 3 heteroatoms. The first kappa shape index (κ1) is 49.6. The van der Waals surface area contributed by atoms with Crippen LogP contribution in [-0.2, 0) is 27.1 Å². The van der Waals surface area contributed by atoms with E-state index in [1.54, 1.807) is 0 Å². The molecular weight excluding hydrogens is 909 g/mol. The van der Waals surface area contributed by atoms with Gasteiger partial charge in [0.15, 0.2) is 0 Å². The van der Waals surface area contributed by atoms with Crippen LogP contribution in [0.15, 0.2) is 210 Å². The number of anilines is 5. The fraction of sp³-hybridized carbons (Fsp3) is 0.250. The van der Waals surface area contributed by atoms with Crippen molar-refractivity contribution in [1.82, 2.24) is 0 Å². The van der Waals surface area contributed by atoms with Gasteiger partial charge in [0.2, 0.25) is 0 Å². The average molecular weight is 981 g/mol. The summed E-state index contributed by atoms with van der Waals surface area (Å²) < 4.78 is 7.39. The van der Waals surface area contributed by atoms with Crippen LogP contribution in [0, 0.1) is 0 Å². The Balaban J connectivity index is 1.19. The van der Waals surface area contributed by atoms with Gasteiger partial charge in [0, 0.05) is 39.4 Å². The lowest BCUT2D eigenvalue weighted by Crippen LogP contribution is -2.26. The second-order valence-electron chi connectivity index (χ2n) is 25.2. The van der Waals surface area contributed by atoms with Crippen LogP contribution in [0.4, 0.5) is 28.4 Å². The molecule has 0 saturated carbocycles. The Kier molecular flexibility index (Phi) is 11.7. The molecule has 376 valence electrons. The van der Waals surface area contributed by atoms with Crippen LogP contribution in [0.3, 0.4) is 0 Å². The van der Waals surface area contributed by atoms with Gasteiger partial charge in [-0.25, -0.2) is 0 Å². The van der Waals surface area contributed by atoms with E-state index in [-0.39, 0.29) is 21.7 Å². The van der Waals surface area contributed by atoms with Crippen molar-refractivity contribution in [3.8, 4) is 11.1 Å². The highest BCUT2D eigenvalue weighted by Crippen LogP contribution is 2.64. The Morgan fingerprint density at radius 3 is 1.32 bits per heavy atom. The van der Waals surface area contributed by atoms with Gasteiger partial charge in [0.1, 0.15) is 11.2 Å². The van der Waals surface area contributed by atoms with E-state index in [0.717, 1.165) is 67.2 Å². The molecule has 1 aromatic heterocycles. The molecule has 1 spiro atoms. The van der Waals surface area contributed by atoms with Crippen molar-refractivity contribution in [2.24, 2.45) is 0 Å². The van der Waals surface area contributed by atoms with Crippen LogP contribution in [-0.4, -0.2) is 0 Å². The second-order valence-corrected chi connectivity index (χ2v) is 25.2. The van der Waals surface area contributed by atoms with Crippen molar-refractivity contribution in [1.29, 1.82) is 0 Å². The molecule has 2 aliphatic carbocycles. The highest BCUT2D eigenvalue weighted by molar-refractivity contribution is 6.18. The first-order valence-corrected chi connectivity index (χ1v) is 26.9. The fourth-order valence-corrected chi connectivity index (χ4v) is 12.0. The normalized spacial score (nSPS) is 14.3. The standard InChI is InChI=1S/C72H72N2O/c1-46(73(52-36-28-48(29-37-52)68(3,4)5)53-38-30-49(31-39-53)69(6,7)8)27-44-56-47(2)72(60-24-18-15-21-57(60)58-22-16-19-25-61(58)72)62-45-63(66-59-23-17-20-26-64(59)75-67(66)65(56)62)74(54-40-32-50(33-41-54)70(9,10)11)55-42-34-51(35-43-55)71(12,13)14/h15-45H,1H2,2-14H3/b44-27-. The molecule has 0 aliphatic heterocycles. The quantitative estimate of drug-likeness (QED) is 0.141. The Labute approximate surface area is 446 Å². The summed E-state index contributed by atoms with van der Waals surface area (Å²) >= 11 is 0. The summed E-state index contributed by atoms with van der Waals surface area (Å²) in [5.74, 6) is 0. The number of furan rings is 1. The van der Waals surface area contributed by atoms with Crippen LogP contribution in [0.2, 0.25) is 0 Å². The van der Waals surface area contributed by atoms with Crippen LogP contribution in [0.25, 0.3) is 38.6 Å². The smallest absolute Gasteiger partial charge is 0.145 e. The van der Waals surface area contributed by atoms with Gasteiger partial charge in [-0.2, -0.15) is 0 Å². The van der Waals surface area contributed by atoms with Crippen molar-refractivity contribution in [2.45, 2.75) is 117 Å². The molecule has 0 radical (unpaired) electrons. The first-order valence-electron chi connectivity index (χ1n) is 26.9. The predicted molar refractivity (Wildman–Crippen MR) is 321 cm³/mol. The Hall–Kier alpha value is -7.62. The van der Waals surface area contributed by atoms with E-state index in [2.05, 4.69) is 288 Å². The zero-order chi connectivity index (χ0) is 53.0. The Bertz CT molecular complexity index is 3580. The number of hydrogen-bond acceptors (Lipinski definition) is 3. The molecule has 2 aliphatic rings. The van der Waals surface area contributed by atoms with Gasteiger partial charge in [-0.15, -0.1) is 0 Å². The summed E-state index contributed by atoms with van der Waals surface area (Å²) in [5.41, 5.74) is 22.3. The summed E-state index contributed by atoms with van der Waals surface area (Å²) in [5, 5.41) is 2.16. The minimum absolute atomic E-state index is 0.00182. The van der Waals surface area contributed by atoms with Gasteiger partial charge in [0.05, 0.1) is 16.5 Å². The maximum atomic E-state index is 7.39. The molecule has 0 fully saturated rings. The summed E-state index contributed by atoms with van der Waals surface area (Å²) in [6, 6.07) is 65.7. The van der Waals surface area contributed by atoms with Gasteiger partial charge in [-0.05, 0) is 157 Å². The van der Waals surface area contributed by atoms with Gasteiger partial charge in [-0.1, -0.05) is 211 Å². The van der Waals surface area contributed by atoms with Crippen molar-refractivity contribution in [2.75, 3.05) is 9.80 Å². The molecule has 9 aromatic rings. The molecule has 0 unspecified atom stereocenters. The average Bonchev–Trinajstić information content (AvgIpc) is 4.14. The number of nitrogens with zero attached hydrogens (tertiary/aromatic N) is 2. The zero-order valence-electron chi connectivity index (χ0n) is 46.4. The lowest BCUT2D eigenvalue weighted by Gasteiger charge is -2.33. The molecule has 8 aromatic carbocycles. The SMILES string of the molecule is C=C(/C=C\C1=C(C)C2(c3ccccc3-c3ccccc32)c2cc(N(c3ccc(C(C)(C)C)cc3)c3ccc(C(C)(C)C)cc3)c3c(oc4ccccc43)c21)N(c1ccc(C(C)(C)C)cc1)c1ccc(C(C)(C)C)cc1. The van der Waals surface area contributed by atoms with Gasteiger partial charge in [0.25, 0.3) is 0 Å². The topological polar surface area (TPSA) is 19.6 Å². The van der Waals surface area contributed by atoms with Crippen LogP contribution in [0.5, 0.6) is 0 Å². The van der Waals surface area contributed by atoms with E-state index < -0.39 is 5.41 Å². The van der Waals surface area contributed by atoms with Crippen molar-refractivity contribution in [3.63, 3.8) is 0 Å². The van der Waals surface area contributed by atoms with Gasteiger partial charge >= 0.3 is 0 Å². The van der Waals surface area contributed by atoms with Crippen LogP contribution in [0.1, 0.15) is 135 Å². The van der Waals surface area contributed by atoms with Gasteiger partial charge < -0.3 is 14.2 Å². The molecule has 0 N–H and O–H groups in total. The molecule has 0 bridgehead atoms. The van der Waals surface area contributed by atoms with Crippen LogP contribution >= 0.6 is 0 Å². The maximum Gasteiger partial charge on any atom is 0.145 e. The molecule has 0 amide bonds. The highest BCUT2D eigenvalue weighted by Gasteiger charge is 2.52.